The minimum absolute atomic E-state index is 0.153. The molecule has 0 aromatic heterocycles. The maximum Gasteiger partial charge on any atom is 0.494 e. The number of hydrogen-bond donors (Lipinski definition) is 0. The third-order valence-corrected chi connectivity index (χ3v) is 5.03. The molecule has 1 heterocycles. The first-order valence-electron chi connectivity index (χ1n) is 8.37. The van der Waals surface area contributed by atoms with E-state index in [2.05, 4.69) is 0 Å². The van der Waals surface area contributed by atoms with Crippen LogP contribution in [-0.2, 0) is 25.3 Å². The quantitative estimate of drug-likeness (QED) is 0.618. The SMILES string of the molecule is CC1(C)OB(c2ccc(CC(=O)OCC3CC3)cc2)OC1(C)C. The van der Waals surface area contributed by atoms with Gasteiger partial charge < -0.3 is 14.0 Å². The standard InChI is InChI=1S/C18H25BO4/c1-17(2)18(3,4)23-19(22-17)15-9-7-13(8-10-15)11-16(20)21-12-14-5-6-14/h7-10,14H,5-6,11-12H2,1-4H3. The Morgan fingerprint density at radius 2 is 1.70 bits per heavy atom. The Hall–Kier alpha value is -1.33. The van der Waals surface area contributed by atoms with Crippen molar-refractivity contribution in [3.63, 3.8) is 0 Å². The highest BCUT2D eigenvalue weighted by Gasteiger charge is 2.51. The average molecular weight is 316 g/mol. The number of esters is 1. The molecule has 3 rings (SSSR count). The summed E-state index contributed by atoms with van der Waals surface area (Å²) in [4.78, 5) is 11.8. The van der Waals surface area contributed by atoms with Gasteiger partial charge in [-0.15, -0.1) is 0 Å². The summed E-state index contributed by atoms with van der Waals surface area (Å²) in [6.07, 6.45) is 2.70. The monoisotopic (exact) mass is 316 g/mol. The summed E-state index contributed by atoms with van der Waals surface area (Å²) >= 11 is 0. The molecule has 5 heteroatoms. The van der Waals surface area contributed by atoms with Crippen LogP contribution in [0.1, 0.15) is 46.1 Å². The highest BCUT2D eigenvalue weighted by atomic mass is 16.7. The molecular formula is C18H25BO4. The van der Waals surface area contributed by atoms with Crippen LogP contribution in [0.4, 0.5) is 0 Å². The molecule has 0 atom stereocenters. The maximum absolute atomic E-state index is 11.8. The van der Waals surface area contributed by atoms with Gasteiger partial charge in [0.1, 0.15) is 0 Å². The van der Waals surface area contributed by atoms with Crippen LogP contribution in [0.3, 0.4) is 0 Å². The molecule has 124 valence electrons. The van der Waals surface area contributed by atoms with Crippen molar-refractivity contribution in [3.05, 3.63) is 29.8 Å². The zero-order valence-corrected chi connectivity index (χ0v) is 14.4. The molecule has 0 amide bonds. The van der Waals surface area contributed by atoms with E-state index in [1.165, 1.54) is 12.8 Å². The molecule has 0 unspecified atom stereocenters. The van der Waals surface area contributed by atoms with Crippen LogP contribution in [0.2, 0.25) is 0 Å². The molecule has 2 aliphatic rings. The summed E-state index contributed by atoms with van der Waals surface area (Å²) in [6, 6.07) is 7.81. The van der Waals surface area contributed by atoms with Crippen molar-refractivity contribution < 1.29 is 18.8 Å². The highest BCUT2D eigenvalue weighted by Crippen LogP contribution is 2.36. The van der Waals surface area contributed by atoms with Crippen LogP contribution in [0.15, 0.2) is 24.3 Å². The van der Waals surface area contributed by atoms with E-state index in [0.717, 1.165) is 11.0 Å². The van der Waals surface area contributed by atoms with Crippen LogP contribution in [0, 0.1) is 5.92 Å². The number of carbonyl (C=O) groups excluding carboxylic acids is 1. The van der Waals surface area contributed by atoms with Crippen molar-refractivity contribution in [2.24, 2.45) is 5.92 Å². The van der Waals surface area contributed by atoms with Crippen molar-refractivity contribution in [2.75, 3.05) is 6.61 Å². The Morgan fingerprint density at radius 3 is 2.22 bits per heavy atom. The van der Waals surface area contributed by atoms with E-state index in [9.17, 15) is 4.79 Å². The molecule has 0 bridgehead atoms. The Labute approximate surface area is 138 Å². The Morgan fingerprint density at radius 1 is 1.13 bits per heavy atom. The third kappa shape index (κ3) is 3.78. The molecule has 1 aromatic carbocycles. The molecular weight excluding hydrogens is 291 g/mol. The zero-order valence-electron chi connectivity index (χ0n) is 14.4. The second-order valence-corrected chi connectivity index (χ2v) is 7.63. The Bertz CT molecular complexity index is 559. The zero-order chi connectivity index (χ0) is 16.7. The lowest BCUT2D eigenvalue weighted by molar-refractivity contribution is -0.143. The fourth-order valence-electron chi connectivity index (χ4n) is 2.48. The first kappa shape index (κ1) is 16.5. The number of carbonyl (C=O) groups is 1. The molecule has 0 radical (unpaired) electrons. The van der Waals surface area contributed by atoms with Gasteiger partial charge >= 0.3 is 13.1 Å². The van der Waals surface area contributed by atoms with Gasteiger partial charge in [-0.05, 0) is 57.5 Å². The fourth-order valence-corrected chi connectivity index (χ4v) is 2.48. The molecule has 0 spiro atoms. The Balaban J connectivity index is 1.58. The number of benzene rings is 1. The van der Waals surface area contributed by atoms with Gasteiger partial charge in [0, 0.05) is 0 Å². The van der Waals surface area contributed by atoms with E-state index in [0.29, 0.717) is 18.9 Å². The summed E-state index contributed by atoms with van der Waals surface area (Å²) in [5.41, 5.74) is 1.23. The molecule has 1 aromatic rings. The predicted octanol–water partition coefficient (Wildman–Crippen LogP) is 2.48. The summed E-state index contributed by atoms with van der Waals surface area (Å²) in [7, 11) is -0.365. The van der Waals surface area contributed by atoms with E-state index >= 15 is 0 Å². The molecule has 0 N–H and O–H groups in total. The van der Waals surface area contributed by atoms with Crippen molar-refractivity contribution in [3.8, 4) is 0 Å². The first-order valence-corrected chi connectivity index (χ1v) is 8.37. The van der Waals surface area contributed by atoms with Gasteiger partial charge in [0.2, 0.25) is 0 Å². The van der Waals surface area contributed by atoms with Gasteiger partial charge in [0.05, 0.1) is 24.2 Å². The van der Waals surface area contributed by atoms with Crippen LogP contribution < -0.4 is 5.46 Å². The Kier molecular flexibility index (Phi) is 4.28. The summed E-state index contributed by atoms with van der Waals surface area (Å²) < 4.78 is 17.3. The van der Waals surface area contributed by atoms with Crippen LogP contribution in [0.25, 0.3) is 0 Å². The largest absolute Gasteiger partial charge is 0.494 e. The van der Waals surface area contributed by atoms with E-state index in [4.69, 9.17) is 14.0 Å². The van der Waals surface area contributed by atoms with Crippen molar-refractivity contribution in [1.29, 1.82) is 0 Å². The molecule has 23 heavy (non-hydrogen) atoms. The number of ether oxygens (including phenoxy) is 1. The lowest BCUT2D eigenvalue weighted by Gasteiger charge is -2.32. The first-order chi connectivity index (χ1) is 10.8. The van der Waals surface area contributed by atoms with E-state index in [-0.39, 0.29) is 24.3 Å². The van der Waals surface area contributed by atoms with Gasteiger partial charge in [-0.3, -0.25) is 4.79 Å². The van der Waals surface area contributed by atoms with Crippen LogP contribution in [0.5, 0.6) is 0 Å². The van der Waals surface area contributed by atoms with E-state index < -0.39 is 0 Å². The predicted molar refractivity (Wildman–Crippen MR) is 89.5 cm³/mol. The highest BCUT2D eigenvalue weighted by molar-refractivity contribution is 6.62. The fraction of sp³-hybridized carbons (Fsp3) is 0.611. The molecule has 1 aliphatic heterocycles. The van der Waals surface area contributed by atoms with E-state index in [1.807, 2.05) is 52.0 Å². The van der Waals surface area contributed by atoms with Gasteiger partial charge in [0.15, 0.2) is 0 Å². The average Bonchev–Trinajstić information content (AvgIpc) is 3.25. The van der Waals surface area contributed by atoms with Gasteiger partial charge in [-0.1, -0.05) is 24.3 Å². The minimum Gasteiger partial charge on any atom is -0.465 e. The molecule has 2 fully saturated rings. The number of hydrogen-bond acceptors (Lipinski definition) is 4. The third-order valence-electron chi connectivity index (χ3n) is 5.03. The molecule has 1 aliphatic carbocycles. The maximum atomic E-state index is 11.8. The van der Waals surface area contributed by atoms with Crippen molar-refractivity contribution in [2.45, 2.75) is 58.2 Å². The summed E-state index contributed by atoms with van der Waals surface area (Å²) in [6.45, 7) is 8.73. The second kappa shape index (κ2) is 5.95. The molecule has 1 saturated heterocycles. The van der Waals surface area contributed by atoms with E-state index in [1.54, 1.807) is 0 Å². The second-order valence-electron chi connectivity index (χ2n) is 7.63. The lowest BCUT2D eigenvalue weighted by Crippen LogP contribution is -2.41. The van der Waals surface area contributed by atoms with Gasteiger partial charge in [0.25, 0.3) is 0 Å². The normalized spacial score (nSPS) is 22.2. The topological polar surface area (TPSA) is 44.8 Å². The van der Waals surface area contributed by atoms with Crippen LogP contribution in [-0.4, -0.2) is 30.9 Å². The smallest absolute Gasteiger partial charge is 0.465 e. The molecule has 4 nitrogen and oxygen atoms in total. The van der Waals surface area contributed by atoms with Gasteiger partial charge in [-0.2, -0.15) is 0 Å². The van der Waals surface area contributed by atoms with Crippen LogP contribution >= 0.6 is 0 Å². The lowest BCUT2D eigenvalue weighted by atomic mass is 9.79. The molecule has 1 saturated carbocycles. The van der Waals surface area contributed by atoms with Crippen molar-refractivity contribution >= 4 is 18.6 Å². The van der Waals surface area contributed by atoms with Gasteiger partial charge in [-0.25, -0.2) is 0 Å². The summed E-state index contributed by atoms with van der Waals surface area (Å²) in [5.74, 6) is 0.449. The number of rotatable bonds is 5. The minimum atomic E-state index is -0.365. The van der Waals surface area contributed by atoms with Crippen molar-refractivity contribution in [1.82, 2.24) is 0 Å². The summed E-state index contributed by atoms with van der Waals surface area (Å²) in [5, 5.41) is 0.